The zero-order valence-corrected chi connectivity index (χ0v) is 18.3. The highest BCUT2D eigenvalue weighted by atomic mass is 35.5. The van der Waals surface area contributed by atoms with Crippen LogP contribution in [0.25, 0.3) is 0 Å². The monoisotopic (exact) mass is 434 g/mol. The van der Waals surface area contributed by atoms with Crippen LogP contribution in [0.15, 0.2) is 30.5 Å². The fourth-order valence-electron chi connectivity index (χ4n) is 3.95. The molecule has 9 heteroatoms. The fourth-order valence-corrected chi connectivity index (χ4v) is 4.50. The summed E-state index contributed by atoms with van der Waals surface area (Å²) in [4.78, 5) is 19.3. The van der Waals surface area contributed by atoms with Crippen molar-refractivity contribution in [1.82, 2.24) is 19.6 Å². The number of carbonyl (C=O) groups excluding carboxylic acids is 1. The molecule has 2 aliphatic rings. The van der Waals surface area contributed by atoms with Crippen LogP contribution in [0, 0.1) is 0 Å². The lowest BCUT2D eigenvalue weighted by Gasteiger charge is -2.34. The van der Waals surface area contributed by atoms with E-state index in [0.29, 0.717) is 18.9 Å². The summed E-state index contributed by atoms with van der Waals surface area (Å²) < 4.78 is 4.45. The van der Waals surface area contributed by atoms with Crippen molar-refractivity contribution in [3.63, 3.8) is 0 Å². The van der Waals surface area contributed by atoms with Gasteiger partial charge in [-0.1, -0.05) is 29.6 Å². The summed E-state index contributed by atoms with van der Waals surface area (Å²) in [6, 6.07) is 8.10. The molecule has 2 aromatic rings. The van der Waals surface area contributed by atoms with E-state index in [9.17, 15) is 4.79 Å². The van der Waals surface area contributed by atoms with Crippen LogP contribution in [0.4, 0.5) is 16.3 Å². The lowest BCUT2D eigenvalue weighted by molar-refractivity contribution is 0.134. The predicted molar refractivity (Wildman–Crippen MR) is 120 cm³/mol. The van der Waals surface area contributed by atoms with E-state index < -0.39 is 0 Å². The molecule has 1 amide bonds. The second-order valence-corrected chi connectivity index (χ2v) is 8.50. The van der Waals surface area contributed by atoms with E-state index in [1.807, 2.05) is 23.3 Å². The van der Waals surface area contributed by atoms with Crippen LogP contribution < -0.4 is 9.62 Å². The lowest BCUT2D eigenvalue weighted by Crippen LogP contribution is -2.49. The number of rotatable bonds is 5. The van der Waals surface area contributed by atoms with E-state index in [2.05, 4.69) is 31.8 Å². The van der Waals surface area contributed by atoms with Gasteiger partial charge in [-0.3, -0.25) is 4.90 Å². The minimum Gasteiger partial charge on any atom is -0.370 e. The third-order valence-electron chi connectivity index (χ3n) is 5.50. The maximum atomic E-state index is 12.7. The summed E-state index contributed by atoms with van der Waals surface area (Å²) in [5, 5.41) is 5.11. The molecule has 4 rings (SSSR count). The molecule has 0 spiro atoms. The van der Waals surface area contributed by atoms with Gasteiger partial charge in [0, 0.05) is 64.3 Å². The summed E-state index contributed by atoms with van der Waals surface area (Å²) in [5.74, 6) is 0.695. The third-order valence-corrected chi connectivity index (χ3v) is 6.23. The first kappa shape index (κ1) is 20.4. The Kier molecular flexibility index (Phi) is 6.52. The molecule has 2 saturated heterocycles. The second-order valence-electron chi connectivity index (χ2n) is 7.48. The van der Waals surface area contributed by atoms with Gasteiger partial charge in [0.15, 0.2) is 5.82 Å². The lowest BCUT2D eigenvalue weighted by atomic mass is 10.1. The molecule has 1 N–H and O–H groups in total. The first-order valence-corrected chi connectivity index (χ1v) is 11.6. The number of halogens is 1. The number of hydrogen-bond donors (Lipinski definition) is 1. The van der Waals surface area contributed by atoms with Crippen molar-refractivity contribution >= 4 is 41.1 Å². The molecule has 0 aliphatic carbocycles. The molecule has 0 atom stereocenters. The Morgan fingerprint density at radius 2 is 1.90 bits per heavy atom. The molecular weight excluding hydrogens is 408 g/mol. The summed E-state index contributed by atoms with van der Waals surface area (Å²) in [5.41, 5.74) is 2.43. The van der Waals surface area contributed by atoms with Crippen molar-refractivity contribution < 1.29 is 4.79 Å². The molecule has 2 fully saturated rings. The molecule has 1 aromatic heterocycles. The highest BCUT2D eigenvalue weighted by Crippen LogP contribution is 2.30. The molecule has 7 nitrogen and oxygen atoms in total. The highest BCUT2D eigenvalue weighted by Gasteiger charge is 2.23. The van der Waals surface area contributed by atoms with E-state index in [4.69, 9.17) is 11.6 Å². The second kappa shape index (κ2) is 9.28. The van der Waals surface area contributed by atoms with Crippen molar-refractivity contribution in [2.24, 2.45) is 0 Å². The topological polar surface area (TPSA) is 56.6 Å². The number of nitrogens with one attached hydrogen (secondary N) is 1. The number of anilines is 2. The van der Waals surface area contributed by atoms with Crippen molar-refractivity contribution in [1.29, 1.82) is 0 Å². The molecule has 0 unspecified atom stereocenters. The summed E-state index contributed by atoms with van der Waals surface area (Å²) in [6.07, 6.45) is 6.11. The van der Waals surface area contributed by atoms with E-state index in [0.717, 1.165) is 43.4 Å². The van der Waals surface area contributed by atoms with Crippen LogP contribution in [0.2, 0.25) is 5.02 Å². The maximum absolute atomic E-state index is 12.7. The van der Waals surface area contributed by atoms with Gasteiger partial charge in [-0.2, -0.15) is 4.68 Å². The molecule has 0 bridgehead atoms. The van der Waals surface area contributed by atoms with E-state index in [1.54, 1.807) is 6.20 Å². The number of benzene rings is 1. The van der Waals surface area contributed by atoms with Crippen molar-refractivity contribution in [2.75, 3.05) is 55.1 Å². The Balaban J connectivity index is 1.33. The van der Waals surface area contributed by atoms with Gasteiger partial charge >= 0.3 is 6.03 Å². The molecule has 2 aliphatic heterocycles. The maximum Gasteiger partial charge on any atom is 0.344 e. The SMILES string of the molecule is CSNc1ccn(C(=O)N2CCN(Cc3ccc(Cl)c(N4CCCC4)c3)CC2)n1. The van der Waals surface area contributed by atoms with E-state index in [-0.39, 0.29) is 6.03 Å². The average Bonchev–Trinajstić information content (AvgIpc) is 3.42. The van der Waals surface area contributed by atoms with Crippen LogP contribution in [-0.4, -0.2) is 71.1 Å². The van der Waals surface area contributed by atoms with Gasteiger partial charge in [0.1, 0.15) is 0 Å². The fraction of sp³-hybridized carbons (Fsp3) is 0.500. The highest BCUT2D eigenvalue weighted by molar-refractivity contribution is 7.99. The molecule has 1 aromatic carbocycles. The van der Waals surface area contributed by atoms with Gasteiger partial charge in [0.25, 0.3) is 0 Å². The molecule has 29 heavy (non-hydrogen) atoms. The van der Waals surface area contributed by atoms with Crippen molar-refractivity contribution in [3.05, 3.63) is 41.0 Å². The van der Waals surface area contributed by atoms with Gasteiger partial charge in [-0.15, -0.1) is 5.10 Å². The van der Waals surface area contributed by atoms with Gasteiger partial charge in [0.2, 0.25) is 0 Å². The molecule has 3 heterocycles. The van der Waals surface area contributed by atoms with Crippen LogP contribution in [0.1, 0.15) is 18.4 Å². The molecule has 0 saturated carbocycles. The Bertz CT molecular complexity index is 845. The first-order chi connectivity index (χ1) is 14.1. The number of aromatic nitrogens is 2. The van der Waals surface area contributed by atoms with E-state index in [1.165, 1.54) is 35.0 Å². The number of carbonyl (C=O) groups is 1. The van der Waals surface area contributed by atoms with Gasteiger partial charge in [0.05, 0.1) is 10.7 Å². The Hall–Kier alpha value is -1.90. The standard InChI is InChI=1S/C20H27ClN6OS/c1-29-23-19-6-9-27(22-19)20(28)26-12-10-24(11-13-26)15-16-4-5-17(21)18(14-16)25-7-2-3-8-25/h4-6,9,14H,2-3,7-8,10-13,15H2,1H3,(H,22,23). The van der Waals surface area contributed by atoms with Gasteiger partial charge in [-0.05, 0) is 30.5 Å². The summed E-state index contributed by atoms with van der Waals surface area (Å²) in [7, 11) is 0. The number of nitrogens with zero attached hydrogens (tertiary/aromatic N) is 5. The third kappa shape index (κ3) is 4.82. The summed E-state index contributed by atoms with van der Waals surface area (Å²) in [6.45, 7) is 6.17. The normalized spacial score (nSPS) is 17.7. The predicted octanol–water partition coefficient (Wildman–Crippen LogP) is 3.61. The van der Waals surface area contributed by atoms with E-state index >= 15 is 0 Å². The largest absolute Gasteiger partial charge is 0.370 e. The van der Waals surface area contributed by atoms with Crippen LogP contribution in [0.5, 0.6) is 0 Å². The average molecular weight is 435 g/mol. The first-order valence-electron chi connectivity index (χ1n) is 10.0. The van der Waals surface area contributed by atoms with Gasteiger partial charge in [-0.25, -0.2) is 4.79 Å². The zero-order chi connectivity index (χ0) is 20.2. The van der Waals surface area contributed by atoms with Crippen LogP contribution >= 0.6 is 23.5 Å². The smallest absolute Gasteiger partial charge is 0.344 e. The van der Waals surface area contributed by atoms with Gasteiger partial charge < -0.3 is 14.5 Å². The number of hydrogen-bond acceptors (Lipinski definition) is 6. The van der Waals surface area contributed by atoms with Crippen molar-refractivity contribution in [2.45, 2.75) is 19.4 Å². The number of piperazine rings is 1. The minimum atomic E-state index is -0.0679. The van der Waals surface area contributed by atoms with Crippen LogP contribution in [0.3, 0.4) is 0 Å². The zero-order valence-electron chi connectivity index (χ0n) is 16.7. The Morgan fingerprint density at radius 3 is 2.62 bits per heavy atom. The molecule has 156 valence electrons. The molecular formula is C20H27ClN6OS. The summed E-state index contributed by atoms with van der Waals surface area (Å²) >= 11 is 7.90. The number of amides is 1. The minimum absolute atomic E-state index is 0.0679. The van der Waals surface area contributed by atoms with Crippen molar-refractivity contribution in [3.8, 4) is 0 Å². The molecule has 0 radical (unpaired) electrons. The Labute approximate surface area is 181 Å². The Morgan fingerprint density at radius 1 is 1.14 bits per heavy atom. The quantitative estimate of drug-likeness (QED) is 0.725. The van der Waals surface area contributed by atoms with Crippen LogP contribution in [-0.2, 0) is 6.54 Å².